The lowest BCUT2D eigenvalue weighted by atomic mass is 10.0. The summed E-state index contributed by atoms with van der Waals surface area (Å²) >= 11 is 0. The normalized spacial score (nSPS) is 10.7. The molecule has 0 spiro atoms. The number of carboxylic acid groups (broad SMARTS) is 1. The van der Waals surface area contributed by atoms with Crippen molar-refractivity contribution in [3.63, 3.8) is 0 Å². The Hall–Kier alpha value is -3.26. The van der Waals surface area contributed by atoms with Crippen LogP contribution in [0.25, 0.3) is 11.1 Å². The highest BCUT2D eigenvalue weighted by molar-refractivity contribution is 6.08. The van der Waals surface area contributed by atoms with Crippen molar-refractivity contribution in [2.45, 2.75) is 13.8 Å². The van der Waals surface area contributed by atoms with Gasteiger partial charge >= 0.3 is 5.97 Å². The largest absolute Gasteiger partial charge is 0.478 e. The number of nitrogens with zero attached hydrogens (tertiary/aromatic N) is 3. The van der Waals surface area contributed by atoms with Crippen molar-refractivity contribution in [2.75, 3.05) is 7.05 Å². The molecule has 0 bridgehead atoms. The van der Waals surface area contributed by atoms with Crippen LogP contribution < -0.4 is 0 Å². The van der Waals surface area contributed by atoms with E-state index >= 15 is 0 Å². The molecule has 1 N–H and O–H groups in total. The molecule has 0 aliphatic rings. The van der Waals surface area contributed by atoms with Crippen LogP contribution in [0.5, 0.6) is 0 Å². The number of allylic oxidation sites excluding steroid dienone is 1. The Morgan fingerprint density at radius 2 is 2.00 bits per heavy atom. The van der Waals surface area contributed by atoms with Gasteiger partial charge < -0.3 is 5.11 Å². The first kappa shape index (κ1) is 18.8. The van der Waals surface area contributed by atoms with Gasteiger partial charge in [-0.15, -0.1) is 0 Å². The number of benzene rings is 1. The molecular weight excluding hydrogens is 302 g/mol. The van der Waals surface area contributed by atoms with Gasteiger partial charge in [0.05, 0.1) is 17.2 Å². The molecule has 2 aromatic rings. The highest BCUT2D eigenvalue weighted by Crippen LogP contribution is 2.22. The van der Waals surface area contributed by atoms with Gasteiger partial charge in [-0.2, -0.15) is 5.26 Å². The summed E-state index contributed by atoms with van der Waals surface area (Å²) in [4.78, 5) is 17.9. The Morgan fingerprint density at radius 1 is 1.33 bits per heavy atom. The van der Waals surface area contributed by atoms with Gasteiger partial charge in [0, 0.05) is 30.7 Å². The van der Waals surface area contributed by atoms with Gasteiger partial charge in [-0.25, -0.2) is 4.79 Å². The average molecular weight is 321 g/mol. The predicted molar refractivity (Wildman–Crippen MR) is 94.9 cm³/mol. The van der Waals surface area contributed by atoms with Crippen molar-refractivity contribution in [2.24, 2.45) is 4.99 Å². The highest BCUT2D eigenvalue weighted by atomic mass is 16.4. The van der Waals surface area contributed by atoms with Crippen LogP contribution in [0.2, 0.25) is 0 Å². The van der Waals surface area contributed by atoms with Crippen LogP contribution in [0.15, 0.2) is 59.2 Å². The molecule has 0 saturated carbocycles. The molecule has 2 rings (SSSR count). The van der Waals surface area contributed by atoms with Crippen molar-refractivity contribution in [3.05, 3.63) is 65.5 Å². The summed E-state index contributed by atoms with van der Waals surface area (Å²) in [5.41, 5.74) is 3.68. The van der Waals surface area contributed by atoms with Crippen molar-refractivity contribution in [1.82, 2.24) is 4.98 Å². The maximum Gasteiger partial charge on any atom is 0.336 e. The summed E-state index contributed by atoms with van der Waals surface area (Å²) in [5, 5.41) is 17.4. The molecule has 24 heavy (non-hydrogen) atoms. The minimum atomic E-state index is -0.942. The van der Waals surface area contributed by atoms with Crippen LogP contribution >= 0.6 is 0 Å². The summed E-state index contributed by atoms with van der Waals surface area (Å²) in [6.45, 7) is 3.54. The summed E-state index contributed by atoms with van der Waals surface area (Å²) in [6.07, 6.45) is 4.56. The van der Waals surface area contributed by atoms with Crippen LogP contribution in [-0.4, -0.2) is 29.3 Å². The second kappa shape index (κ2) is 9.70. The number of aliphatic imine (C=N–C) groups is 1. The Kier molecular flexibility index (Phi) is 7.59. The molecule has 1 heterocycles. The van der Waals surface area contributed by atoms with Crippen molar-refractivity contribution < 1.29 is 9.90 Å². The number of carboxylic acids is 1. The molecule has 0 saturated heterocycles. The number of rotatable bonds is 3. The van der Waals surface area contributed by atoms with Gasteiger partial charge in [0.2, 0.25) is 0 Å². The third-order valence-electron chi connectivity index (χ3n) is 3.07. The molecule has 0 atom stereocenters. The molecule has 1 aromatic carbocycles. The third kappa shape index (κ3) is 5.50. The zero-order chi connectivity index (χ0) is 17.9. The van der Waals surface area contributed by atoms with E-state index in [2.05, 4.69) is 16.0 Å². The minimum Gasteiger partial charge on any atom is -0.478 e. The minimum absolute atomic E-state index is 0.220. The second-order valence-electron chi connectivity index (χ2n) is 4.79. The number of carbonyl (C=O) groups is 1. The second-order valence-corrected chi connectivity index (χ2v) is 4.79. The molecule has 0 radical (unpaired) electrons. The van der Waals surface area contributed by atoms with E-state index in [0.29, 0.717) is 5.56 Å². The number of aryl methyl sites for hydroxylation is 1. The Labute approximate surface area is 141 Å². The quantitative estimate of drug-likeness (QED) is 0.690. The van der Waals surface area contributed by atoms with E-state index in [4.69, 9.17) is 10.4 Å². The lowest BCUT2D eigenvalue weighted by Gasteiger charge is -2.03. The zero-order valence-electron chi connectivity index (χ0n) is 13.9. The molecule has 122 valence electrons. The lowest BCUT2D eigenvalue weighted by molar-refractivity contribution is -0.132. The van der Waals surface area contributed by atoms with E-state index in [1.54, 1.807) is 13.1 Å². The number of hydrogen-bond acceptors (Lipinski definition) is 4. The van der Waals surface area contributed by atoms with Crippen LogP contribution in [-0.2, 0) is 4.79 Å². The molecule has 0 aliphatic carbocycles. The zero-order valence-corrected chi connectivity index (χ0v) is 13.9. The van der Waals surface area contributed by atoms with Crippen LogP contribution in [0, 0.1) is 18.3 Å². The fourth-order valence-electron chi connectivity index (χ4n) is 1.89. The Bertz CT molecular complexity index is 788. The number of nitriles is 1. The Balaban J connectivity index is 0.000000277. The highest BCUT2D eigenvalue weighted by Gasteiger charge is 2.04. The van der Waals surface area contributed by atoms with Gasteiger partial charge in [0.15, 0.2) is 0 Å². The maximum atomic E-state index is 10.2. The average Bonchev–Trinajstić information content (AvgIpc) is 2.60. The monoisotopic (exact) mass is 321 g/mol. The third-order valence-corrected chi connectivity index (χ3v) is 3.07. The smallest absolute Gasteiger partial charge is 0.336 e. The van der Waals surface area contributed by atoms with Gasteiger partial charge in [0.25, 0.3) is 0 Å². The van der Waals surface area contributed by atoms with Gasteiger partial charge in [-0.05, 0) is 25.5 Å². The number of aliphatic carboxylic acids is 1. The number of pyridine rings is 1. The number of hydrogen-bond donors (Lipinski definition) is 1. The number of aromatic nitrogens is 1. The maximum absolute atomic E-state index is 10.2. The van der Waals surface area contributed by atoms with Crippen molar-refractivity contribution >= 4 is 12.2 Å². The van der Waals surface area contributed by atoms with Gasteiger partial charge in [-0.1, -0.05) is 36.4 Å². The van der Waals surface area contributed by atoms with E-state index in [0.717, 1.165) is 16.8 Å². The van der Waals surface area contributed by atoms with E-state index < -0.39 is 5.97 Å². The summed E-state index contributed by atoms with van der Waals surface area (Å²) in [6, 6.07) is 13.8. The molecule has 0 fully saturated rings. The van der Waals surface area contributed by atoms with Crippen LogP contribution in [0.3, 0.4) is 0 Å². The summed E-state index contributed by atoms with van der Waals surface area (Å²) < 4.78 is 0. The molecule has 5 nitrogen and oxygen atoms in total. The van der Waals surface area contributed by atoms with Gasteiger partial charge in [0.1, 0.15) is 0 Å². The van der Waals surface area contributed by atoms with Crippen molar-refractivity contribution in [3.8, 4) is 17.2 Å². The fraction of sp³-hybridized carbons (Fsp3) is 0.158. The van der Waals surface area contributed by atoms with Crippen LogP contribution in [0.1, 0.15) is 18.2 Å². The summed E-state index contributed by atoms with van der Waals surface area (Å²) in [5.74, 6) is -0.942. The molecule has 1 aromatic heterocycles. The van der Waals surface area contributed by atoms with E-state index in [1.165, 1.54) is 19.3 Å². The SMILES string of the molecule is C/C=C(\C=NC)C(=O)O.Cc1cc(C#N)c(-c2ccccc2)cn1. The topological polar surface area (TPSA) is 86.3 Å². The standard InChI is InChI=1S/C13H10N2.C6H9NO2/c1-10-7-12(8-14)13(9-15-10)11-5-3-2-4-6-11;1-3-5(4-7-2)6(8)9/h2-7,9H,1H3;3-4H,1-2H3,(H,8,9)/b;5-3+,7-4?. The molecule has 5 heteroatoms. The van der Waals surface area contributed by atoms with E-state index in [-0.39, 0.29) is 5.57 Å². The fourth-order valence-corrected chi connectivity index (χ4v) is 1.89. The predicted octanol–water partition coefficient (Wildman–Crippen LogP) is 3.65. The van der Waals surface area contributed by atoms with E-state index in [9.17, 15) is 4.79 Å². The first-order chi connectivity index (χ1) is 11.5. The Morgan fingerprint density at radius 3 is 2.46 bits per heavy atom. The van der Waals surface area contributed by atoms with Crippen molar-refractivity contribution in [1.29, 1.82) is 5.26 Å². The summed E-state index contributed by atoms with van der Waals surface area (Å²) in [7, 11) is 1.53. The first-order valence-electron chi connectivity index (χ1n) is 7.27. The first-order valence-corrected chi connectivity index (χ1v) is 7.27. The molecule has 0 aliphatic heterocycles. The molecular formula is C19H19N3O2. The molecule has 0 amide bonds. The molecule has 0 unspecified atom stereocenters. The lowest BCUT2D eigenvalue weighted by Crippen LogP contribution is -2.00. The van der Waals surface area contributed by atoms with E-state index in [1.807, 2.05) is 43.3 Å². The van der Waals surface area contributed by atoms with Gasteiger partial charge in [-0.3, -0.25) is 9.98 Å². The van der Waals surface area contributed by atoms with Crippen LogP contribution in [0.4, 0.5) is 0 Å².